The SMILES string of the molecule is N[C@@H](CC(=O)O)c1ncc(I)s1. The van der Waals surface area contributed by atoms with Crippen LogP contribution in [0.2, 0.25) is 0 Å². The summed E-state index contributed by atoms with van der Waals surface area (Å²) >= 11 is 3.55. The maximum Gasteiger partial charge on any atom is 0.305 e. The number of carboxylic acids is 1. The van der Waals surface area contributed by atoms with Crippen LogP contribution in [0, 0.1) is 2.88 Å². The van der Waals surface area contributed by atoms with Crippen LogP contribution < -0.4 is 5.73 Å². The highest BCUT2D eigenvalue weighted by Gasteiger charge is 2.13. The Morgan fingerprint density at radius 1 is 1.92 bits per heavy atom. The monoisotopic (exact) mass is 298 g/mol. The molecule has 0 aromatic carbocycles. The van der Waals surface area contributed by atoms with Gasteiger partial charge in [-0.25, -0.2) is 4.98 Å². The molecule has 0 spiro atoms. The molecule has 12 heavy (non-hydrogen) atoms. The summed E-state index contributed by atoms with van der Waals surface area (Å²) in [5, 5.41) is 9.13. The Bertz CT molecular complexity index is 289. The summed E-state index contributed by atoms with van der Waals surface area (Å²) in [5.74, 6) is -0.896. The van der Waals surface area contributed by atoms with Gasteiger partial charge < -0.3 is 10.8 Å². The van der Waals surface area contributed by atoms with Crippen LogP contribution in [0.3, 0.4) is 0 Å². The molecule has 0 unspecified atom stereocenters. The first-order chi connectivity index (χ1) is 5.59. The van der Waals surface area contributed by atoms with Crippen molar-refractivity contribution in [3.05, 3.63) is 14.1 Å². The van der Waals surface area contributed by atoms with Gasteiger partial charge in [0.25, 0.3) is 0 Å². The van der Waals surface area contributed by atoms with Gasteiger partial charge in [-0.05, 0) is 22.6 Å². The average Bonchev–Trinajstić information content (AvgIpc) is 2.34. The molecule has 0 radical (unpaired) electrons. The zero-order valence-electron chi connectivity index (χ0n) is 6.03. The molecule has 1 aromatic rings. The minimum atomic E-state index is -0.896. The molecule has 0 aliphatic heterocycles. The van der Waals surface area contributed by atoms with E-state index in [-0.39, 0.29) is 6.42 Å². The molecule has 0 saturated carbocycles. The molecule has 0 aliphatic carbocycles. The summed E-state index contributed by atoms with van der Waals surface area (Å²) in [6, 6.07) is -0.476. The van der Waals surface area contributed by atoms with Crippen molar-refractivity contribution >= 4 is 39.9 Å². The van der Waals surface area contributed by atoms with Crippen LogP contribution in [0.15, 0.2) is 6.20 Å². The summed E-state index contributed by atoms with van der Waals surface area (Å²) in [5.41, 5.74) is 5.57. The molecule has 3 N–H and O–H groups in total. The second-order valence-corrected chi connectivity index (χ2v) is 5.16. The Balaban J connectivity index is 2.64. The van der Waals surface area contributed by atoms with E-state index in [9.17, 15) is 4.79 Å². The number of hydrogen-bond donors (Lipinski definition) is 2. The third-order valence-electron chi connectivity index (χ3n) is 1.21. The highest BCUT2D eigenvalue weighted by atomic mass is 127. The van der Waals surface area contributed by atoms with Gasteiger partial charge in [0.05, 0.1) is 21.5 Å². The summed E-state index contributed by atoms with van der Waals surface area (Å²) in [7, 11) is 0. The number of thiazole rings is 1. The third-order valence-corrected chi connectivity index (χ3v) is 3.06. The van der Waals surface area contributed by atoms with E-state index in [4.69, 9.17) is 10.8 Å². The van der Waals surface area contributed by atoms with Crippen LogP contribution in [0.4, 0.5) is 0 Å². The van der Waals surface area contributed by atoms with E-state index < -0.39 is 12.0 Å². The van der Waals surface area contributed by atoms with E-state index in [0.29, 0.717) is 5.01 Å². The number of nitrogens with zero attached hydrogens (tertiary/aromatic N) is 1. The van der Waals surface area contributed by atoms with E-state index >= 15 is 0 Å². The van der Waals surface area contributed by atoms with Gasteiger partial charge in [0.15, 0.2) is 0 Å². The number of aromatic nitrogens is 1. The first-order valence-corrected chi connectivity index (χ1v) is 5.07. The predicted octanol–water partition coefficient (Wildman–Crippen LogP) is 1.22. The number of nitrogens with two attached hydrogens (primary N) is 1. The Labute approximate surface area is 86.9 Å². The van der Waals surface area contributed by atoms with Crippen molar-refractivity contribution in [3.63, 3.8) is 0 Å². The first kappa shape index (κ1) is 9.87. The summed E-state index contributed by atoms with van der Waals surface area (Å²) < 4.78 is 1.02. The van der Waals surface area contributed by atoms with Crippen molar-refractivity contribution in [1.82, 2.24) is 4.98 Å². The number of carboxylic acid groups (broad SMARTS) is 1. The second-order valence-electron chi connectivity index (χ2n) is 2.21. The number of carbonyl (C=O) groups is 1. The van der Waals surface area contributed by atoms with Crippen LogP contribution in [0.1, 0.15) is 17.5 Å². The van der Waals surface area contributed by atoms with E-state index in [1.807, 2.05) is 0 Å². The van der Waals surface area contributed by atoms with Crippen LogP contribution in [0.5, 0.6) is 0 Å². The van der Waals surface area contributed by atoms with Crippen LogP contribution in [-0.2, 0) is 4.79 Å². The molecule has 0 amide bonds. The fourth-order valence-electron chi connectivity index (χ4n) is 0.714. The molecule has 1 heterocycles. The lowest BCUT2D eigenvalue weighted by molar-refractivity contribution is -0.137. The van der Waals surface area contributed by atoms with Crippen LogP contribution in [-0.4, -0.2) is 16.1 Å². The van der Waals surface area contributed by atoms with Gasteiger partial charge in [-0.15, -0.1) is 11.3 Å². The van der Waals surface area contributed by atoms with Gasteiger partial charge >= 0.3 is 5.97 Å². The van der Waals surface area contributed by atoms with Gasteiger partial charge in [-0.3, -0.25) is 4.79 Å². The Kier molecular flexibility index (Phi) is 3.41. The highest BCUT2D eigenvalue weighted by Crippen LogP contribution is 2.21. The highest BCUT2D eigenvalue weighted by molar-refractivity contribution is 14.1. The van der Waals surface area contributed by atoms with Crippen molar-refractivity contribution in [2.75, 3.05) is 0 Å². The van der Waals surface area contributed by atoms with E-state index in [1.165, 1.54) is 11.3 Å². The topological polar surface area (TPSA) is 76.2 Å². The number of halogens is 1. The number of rotatable bonds is 3. The first-order valence-electron chi connectivity index (χ1n) is 3.18. The predicted molar refractivity (Wildman–Crippen MR) is 54.0 cm³/mol. The lowest BCUT2D eigenvalue weighted by Gasteiger charge is -2.02. The minimum Gasteiger partial charge on any atom is -0.481 e. The molecule has 1 rings (SSSR count). The van der Waals surface area contributed by atoms with Gasteiger partial charge in [-0.1, -0.05) is 0 Å². The van der Waals surface area contributed by atoms with Gasteiger partial charge in [0, 0.05) is 0 Å². The summed E-state index contributed by atoms with van der Waals surface area (Å²) in [6.07, 6.45) is 1.62. The quantitative estimate of drug-likeness (QED) is 0.823. The molecule has 0 bridgehead atoms. The standard InChI is InChI=1S/C6H7IN2O2S/c7-4-2-9-6(12-4)3(8)1-5(10)11/h2-3H,1,8H2,(H,10,11)/t3-/m0/s1. The van der Waals surface area contributed by atoms with Crippen LogP contribution in [0.25, 0.3) is 0 Å². The Hall–Kier alpha value is -0.210. The summed E-state index contributed by atoms with van der Waals surface area (Å²) in [4.78, 5) is 14.3. The molecule has 1 aromatic heterocycles. The fraction of sp³-hybridized carbons (Fsp3) is 0.333. The zero-order valence-corrected chi connectivity index (χ0v) is 9.00. The molecule has 0 saturated heterocycles. The van der Waals surface area contributed by atoms with E-state index in [1.54, 1.807) is 6.20 Å². The molecule has 0 aliphatic rings. The van der Waals surface area contributed by atoms with Crippen molar-refractivity contribution in [2.24, 2.45) is 5.73 Å². The van der Waals surface area contributed by atoms with Gasteiger partial charge in [0.2, 0.25) is 0 Å². The molecule has 66 valence electrons. The molecule has 4 nitrogen and oxygen atoms in total. The molecule has 0 fully saturated rings. The summed E-state index contributed by atoms with van der Waals surface area (Å²) in [6.45, 7) is 0. The average molecular weight is 298 g/mol. The Morgan fingerprint density at radius 2 is 2.58 bits per heavy atom. The van der Waals surface area contributed by atoms with Crippen molar-refractivity contribution in [2.45, 2.75) is 12.5 Å². The molecular weight excluding hydrogens is 291 g/mol. The molecular formula is C6H7IN2O2S. The van der Waals surface area contributed by atoms with Gasteiger partial charge in [0.1, 0.15) is 5.01 Å². The van der Waals surface area contributed by atoms with Crippen LogP contribution >= 0.6 is 33.9 Å². The number of hydrogen-bond acceptors (Lipinski definition) is 4. The van der Waals surface area contributed by atoms with E-state index in [0.717, 1.165) is 2.88 Å². The van der Waals surface area contributed by atoms with Crippen molar-refractivity contribution < 1.29 is 9.90 Å². The second kappa shape index (κ2) is 4.15. The third kappa shape index (κ3) is 2.68. The maximum atomic E-state index is 10.3. The Morgan fingerprint density at radius 3 is 3.00 bits per heavy atom. The van der Waals surface area contributed by atoms with Crippen molar-refractivity contribution in [3.8, 4) is 0 Å². The lowest BCUT2D eigenvalue weighted by atomic mass is 10.2. The smallest absolute Gasteiger partial charge is 0.305 e. The molecule has 6 heteroatoms. The largest absolute Gasteiger partial charge is 0.481 e. The normalized spacial score (nSPS) is 12.8. The minimum absolute atomic E-state index is 0.0659. The lowest BCUT2D eigenvalue weighted by Crippen LogP contribution is -2.14. The van der Waals surface area contributed by atoms with Crippen molar-refractivity contribution in [1.29, 1.82) is 0 Å². The molecule has 1 atom stereocenters. The zero-order chi connectivity index (χ0) is 9.14. The maximum absolute atomic E-state index is 10.3. The number of aliphatic carboxylic acids is 1. The van der Waals surface area contributed by atoms with E-state index in [2.05, 4.69) is 27.6 Å². The fourth-order valence-corrected chi connectivity index (χ4v) is 2.18. The van der Waals surface area contributed by atoms with Gasteiger partial charge in [-0.2, -0.15) is 0 Å².